The van der Waals surface area contributed by atoms with E-state index in [1.807, 2.05) is 70.4 Å². The van der Waals surface area contributed by atoms with E-state index >= 15 is 0 Å². The Morgan fingerprint density at radius 1 is 0.710 bits per heavy atom. The molecule has 0 spiro atoms. The molecule has 0 radical (unpaired) electrons. The fourth-order valence-corrected chi connectivity index (χ4v) is 14.7. The minimum Gasteiger partial charge on any atom is -0.477 e. The molecule has 9 rings (SSSR count). The van der Waals surface area contributed by atoms with Crippen molar-refractivity contribution in [3.05, 3.63) is 124 Å². The third kappa shape index (κ3) is 8.59. The minimum absolute atomic E-state index is 0.252. The third-order valence-electron chi connectivity index (χ3n) is 11.2. The number of carboxylic acid groups (broad SMARTS) is 1. The predicted octanol–water partition coefficient (Wildman–Crippen LogP) is 16.7. The van der Waals surface area contributed by atoms with Gasteiger partial charge in [-0.25, -0.2) is 14.2 Å². The van der Waals surface area contributed by atoms with E-state index in [1.165, 1.54) is 107 Å². The van der Waals surface area contributed by atoms with Crippen molar-refractivity contribution in [3.63, 3.8) is 0 Å². The van der Waals surface area contributed by atoms with Gasteiger partial charge in [-0.2, -0.15) is 5.26 Å². The molecule has 11 heteroatoms. The van der Waals surface area contributed by atoms with E-state index in [0.29, 0.717) is 0 Å². The van der Waals surface area contributed by atoms with Crippen LogP contribution in [-0.4, -0.2) is 20.6 Å². The summed E-state index contributed by atoms with van der Waals surface area (Å²) < 4.78 is 20.9. The first-order valence-corrected chi connectivity index (χ1v) is 25.3. The molecule has 0 atom stereocenters. The van der Waals surface area contributed by atoms with Crippen molar-refractivity contribution in [1.29, 1.82) is 5.26 Å². The smallest absolute Gasteiger partial charge is 0.346 e. The molecule has 9 aromatic rings. The first-order chi connectivity index (χ1) is 30.3. The monoisotopic (exact) mass is 909 g/mol. The maximum Gasteiger partial charge on any atom is 0.346 e. The number of aryl methyl sites for hydroxylation is 2. The van der Waals surface area contributed by atoms with Gasteiger partial charge in [0.2, 0.25) is 0 Å². The molecule has 0 aliphatic rings. The van der Waals surface area contributed by atoms with Gasteiger partial charge in [-0.1, -0.05) is 88.8 Å². The molecule has 0 aliphatic carbocycles. The molecule has 5 nitrogen and oxygen atoms in total. The van der Waals surface area contributed by atoms with E-state index in [1.54, 1.807) is 28.7 Å². The summed E-state index contributed by atoms with van der Waals surface area (Å²) in [7, 11) is 0. The summed E-state index contributed by atoms with van der Waals surface area (Å²) in [6.45, 7) is 4.53. The van der Waals surface area contributed by atoms with Crippen molar-refractivity contribution in [2.75, 3.05) is 0 Å². The zero-order chi connectivity index (χ0) is 42.7. The number of nitrogens with zero attached hydrogens (tertiary/aromatic N) is 3. The van der Waals surface area contributed by atoms with Crippen LogP contribution in [-0.2, 0) is 17.6 Å². The maximum absolute atomic E-state index is 14.0. The summed E-state index contributed by atoms with van der Waals surface area (Å²) in [5.74, 6) is -0.643. The first-order valence-electron chi connectivity index (χ1n) is 21.2. The molecule has 3 aromatic carbocycles. The van der Waals surface area contributed by atoms with Gasteiger partial charge in [-0.15, -0.1) is 56.7 Å². The number of benzene rings is 3. The van der Waals surface area contributed by atoms with Crippen LogP contribution in [0.25, 0.3) is 82.9 Å². The van der Waals surface area contributed by atoms with Gasteiger partial charge in [0, 0.05) is 49.9 Å². The van der Waals surface area contributed by atoms with E-state index < -0.39 is 5.97 Å². The summed E-state index contributed by atoms with van der Waals surface area (Å²) in [6, 6.07) is 34.6. The van der Waals surface area contributed by atoms with Gasteiger partial charge >= 0.3 is 5.97 Å². The standard InChI is InChI=1S/C51H44FN3O2S5/c1-3-5-7-9-13-33-27-43(62-46(33)31-17-19-32(20-18-31)50-54-39-15-11-12-16-40(39)55(50)37-23-21-36(52)22-24-37)47-34(14-10-8-6-4-2)26-41(60-47)42-29-45-49(61-42)48-44(59-45)28-38(58-48)25-35(30-53)51(56)57/h11-12,15-29H,3-10,13-14H2,1-2H3,(H,56,57)/b35-25+. The summed E-state index contributed by atoms with van der Waals surface area (Å²) in [5.41, 5.74) is 7.53. The number of nitriles is 1. The molecule has 0 amide bonds. The number of imidazole rings is 1. The minimum atomic E-state index is -1.20. The normalized spacial score (nSPS) is 12.0. The van der Waals surface area contributed by atoms with E-state index in [4.69, 9.17) is 4.98 Å². The summed E-state index contributed by atoms with van der Waals surface area (Å²) in [6.07, 6.45) is 13.2. The molecule has 312 valence electrons. The van der Waals surface area contributed by atoms with Crippen LogP contribution in [0.4, 0.5) is 4.39 Å². The lowest BCUT2D eigenvalue weighted by molar-refractivity contribution is -0.132. The molecular weight excluding hydrogens is 866 g/mol. The van der Waals surface area contributed by atoms with Crippen LogP contribution in [0.1, 0.15) is 81.2 Å². The highest BCUT2D eigenvalue weighted by molar-refractivity contribution is 7.40. The Kier molecular flexibility index (Phi) is 12.7. The average molecular weight is 910 g/mol. The van der Waals surface area contributed by atoms with Gasteiger partial charge in [-0.3, -0.25) is 4.57 Å². The Morgan fingerprint density at radius 3 is 2.05 bits per heavy atom. The van der Waals surface area contributed by atoms with Gasteiger partial charge in [0.1, 0.15) is 23.3 Å². The fourth-order valence-electron chi connectivity index (χ4n) is 8.07. The van der Waals surface area contributed by atoms with Crippen molar-refractivity contribution < 1.29 is 14.3 Å². The highest BCUT2D eigenvalue weighted by Crippen LogP contribution is 2.51. The van der Waals surface area contributed by atoms with Crippen molar-refractivity contribution in [1.82, 2.24) is 9.55 Å². The maximum atomic E-state index is 14.0. The fraction of sp³-hybridized carbons (Fsp3) is 0.235. The van der Waals surface area contributed by atoms with Crippen molar-refractivity contribution in [2.24, 2.45) is 0 Å². The second-order valence-electron chi connectivity index (χ2n) is 15.6. The van der Waals surface area contributed by atoms with Crippen LogP contribution in [0, 0.1) is 17.1 Å². The lowest BCUT2D eigenvalue weighted by atomic mass is 10.0. The summed E-state index contributed by atoms with van der Waals surface area (Å²) >= 11 is 8.92. The van der Waals surface area contributed by atoms with Crippen LogP contribution >= 0.6 is 56.7 Å². The number of rotatable bonds is 17. The molecule has 6 aromatic heterocycles. The second kappa shape index (κ2) is 18.6. The van der Waals surface area contributed by atoms with Crippen LogP contribution in [0.5, 0.6) is 0 Å². The van der Waals surface area contributed by atoms with Gasteiger partial charge < -0.3 is 5.11 Å². The average Bonchev–Trinajstić information content (AvgIpc) is 4.14. The lowest BCUT2D eigenvalue weighted by Crippen LogP contribution is -1.97. The first kappa shape index (κ1) is 42.1. The molecular formula is C51H44FN3O2S5. The van der Waals surface area contributed by atoms with Crippen molar-refractivity contribution in [3.8, 4) is 53.1 Å². The summed E-state index contributed by atoms with van der Waals surface area (Å²) in [4.78, 5) is 23.9. The molecule has 0 unspecified atom stereocenters. The van der Waals surface area contributed by atoms with E-state index in [2.05, 4.69) is 66.9 Å². The quantitative estimate of drug-likeness (QED) is 0.0561. The number of hydrogen-bond donors (Lipinski definition) is 1. The van der Waals surface area contributed by atoms with Crippen molar-refractivity contribution >= 4 is 98.6 Å². The second-order valence-corrected chi connectivity index (χ2v) is 20.9. The van der Waals surface area contributed by atoms with Gasteiger partial charge in [-0.05, 0) is 109 Å². The zero-order valence-corrected chi connectivity index (χ0v) is 38.6. The molecule has 0 aliphatic heterocycles. The zero-order valence-electron chi connectivity index (χ0n) is 34.5. The number of para-hydroxylation sites is 2. The number of halogens is 1. The molecule has 62 heavy (non-hydrogen) atoms. The predicted molar refractivity (Wildman–Crippen MR) is 264 cm³/mol. The summed E-state index contributed by atoms with van der Waals surface area (Å²) in [5, 5.41) is 18.7. The van der Waals surface area contributed by atoms with E-state index in [9.17, 15) is 19.6 Å². The number of unbranched alkanes of at least 4 members (excludes halogenated alkanes) is 6. The largest absolute Gasteiger partial charge is 0.477 e. The SMILES string of the molecule is CCCCCCc1cc(-c2sc(-c3cc4sc5cc(/C=C(\C#N)C(=O)O)sc5c4s3)cc2CCCCCC)sc1-c1ccc(-c2nc3ccccc3n2-c2ccc(F)cc2)cc1. The highest BCUT2D eigenvalue weighted by Gasteiger charge is 2.22. The Balaban J connectivity index is 1.08. The van der Waals surface area contributed by atoms with Crippen LogP contribution in [0.2, 0.25) is 0 Å². The molecule has 0 bridgehead atoms. The number of aliphatic carboxylic acids is 1. The van der Waals surface area contributed by atoms with Crippen LogP contribution in [0.15, 0.2) is 103 Å². The number of fused-ring (bicyclic) bond motifs is 4. The topological polar surface area (TPSA) is 78.9 Å². The van der Waals surface area contributed by atoms with Gasteiger partial charge in [0.15, 0.2) is 0 Å². The number of carboxylic acids is 1. The highest BCUT2D eigenvalue weighted by atomic mass is 32.1. The Bertz CT molecular complexity index is 3110. The van der Waals surface area contributed by atoms with Crippen molar-refractivity contribution in [2.45, 2.75) is 78.1 Å². The van der Waals surface area contributed by atoms with Crippen LogP contribution in [0.3, 0.4) is 0 Å². The lowest BCUT2D eigenvalue weighted by Gasteiger charge is -2.10. The molecule has 1 N–H and O–H groups in total. The molecule has 0 fully saturated rings. The Morgan fingerprint density at radius 2 is 1.34 bits per heavy atom. The number of thiophene rings is 5. The van der Waals surface area contributed by atoms with E-state index in [-0.39, 0.29) is 11.4 Å². The van der Waals surface area contributed by atoms with Gasteiger partial charge in [0.25, 0.3) is 0 Å². The molecule has 6 heterocycles. The third-order valence-corrected chi connectivity index (χ3v) is 17.7. The van der Waals surface area contributed by atoms with E-state index in [0.717, 1.165) is 68.1 Å². The molecule has 0 saturated carbocycles. The van der Waals surface area contributed by atoms with Crippen LogP contribution < -0.4 is 0 Å². The number of carbonyl (C=O) groups is 1. The number of aromatic nitrogens is 2. The molecule has 0 saturated heterocycles. The Labute approximate surface area is 380 Å². The Hall–Kier alpha value is -5.22. The number of hydrogen-bond acceptors (Lipinski definition) is 8. The van der Waals surface area contributed by atoms with Gasteiger partial charge in [0.05, 0.1) is 20.4 Å².